The van der Waals surface area contributed by atoms with Crippen LogP contribution in [0.3, 0.4) is 0 Å². The third kappa shape index (κ3) is 4.78. The number of halogens is 2. The Morgan fingerprint density at radius 2 is 1.97 bits per heavy atom. The van der Waals surface area contributed by atoms with Crippen molar-refractivity contribution in [2.24, 2.45) is 11.8 Å². The topological polar surface area (TPSA) is 79.7 Å². The molecule has 6 nitrogen and oxygen atoms in total. The van der Waals surface area contributed by atoms with Crippen LogP contribution in [-0.2, 0) is 9.59 Å². The summed E-state index contributed by atoms with van der Waals surface area (Å²) in [5, 5.41) is 10.3. The Bertz CT molecular complexity index is 1220. The predicted octanol–water partition coefficient (Wildman–Crippen LogP) is 5.03. The molecule has 1 N–H and O–H groups in total. The lowest BCUT2D eigenvalue weighted by Crippen LogP contribution is -2.39. The smallest absolute Gasteiger partial charge is 0.306 e. The lowest BCUT2D eigenvalue weighted by Gasteiger charge is -2.22. The standard InChI is InChI=1S/C25H24ClFN2O4/c1-14(25(31)32)16-8-10-29(13-16)24(30)15(2)33-18-4-6-21-19(7-9-28-23(21)12-18)20-5-3-17(27)11-22(20)26/h3-7,9,11-12,14-16H,8,10,13H2,1-2H3,(H,31,32)/t14?,15-,16-/m1/s1. The zero-order valence-corrected chi connectivity index (χ0v) is 19.1. The molecule has 1 saturated heterocycles. The number of amides is 1. The number of fused-ring (bicyclic) bond motifs is 1. The fraction of sp³-hybridized carbons (Fsp3) is 0.320. The molecule has 0 saturated carbocycles. The Morgan fingerprint density at radius 3 is 2.70 bits per heavy atom. The second-order valence-corrected chi connectivity index (χ2v) is 8.79. The van der Waals surface area contributed by atoms with E-state index in [9.17, 15) is 19.1 Å². The average molecular weight is 471 g/mol. The molecule has 0 aliphatic carbocycles. The van der Waals surface area contributed by atoms with Gasteiger partial charge in [-0.3, -0.25) is 14.6 Å². The van der Waals surface area contributed by atoms with Gasteiger partial charge in [0.2, 0.25) is 0 Å². The molecule has 2 aromatic carbocycles. The quantitative estimate of drug-likeness (QED) is 0.546. The molecule has 8 heteroatoms. The number of nitrogens with zero attached hydrogens (tertiary/aromatic N) is 2. The van der Waals surface area contributed by atoms with Gasteiger partial charge < -0.3 is 14.7 Å². The summed E-state index contributed by atoms with van der Waals surface area (Å²) >= 11 is 6.25. The number of likely N-dealkylation sites (tertiary alicyclic amines) is 1. The summed E-state index contributed by atoms with van der Waals surface area (Å²) in [7, 11) is 0. The molecule has 2 heterocycles. The maximum Gasteiger partial charge on any atom is 0.306 e. The Morgan fingerprint density at radius 1 is 1.18 bits per heavy atom. The van der Waals surface area contributed by atoms with Gasteiger partial charge in [-0.2, -0.15) is 0 Å². The van der Waals surface area contributed by atoms with Crippen LogP contribution in [-0.4, -0.2) is 46.1 Å². The number of carbonyl (C=O) groups excluding carboxylic acids is 1. The summed E-state index contributed by atoms with van der Waals surface area (Å²) in [4.78, 5) is 30.2. The van der Waals surface area contributed by atoms with Gasteiger partial charge >= 0.3 is 5.97 Å². The summed E-state index contributed by atoms with van der Waals surface area (Å²) in [5.41, 5.74) is 2.17. The highest BCUT2D eigenvalue weighted by Gasteiger charge is 2.34. The molecule has 0 spiro atoms. The van der Waals surface area contributed by atoms with Crippen LogP contribution in [0.5, 0.6) is 5.75 Å². The van der Waals surface area contributed by atoms with Crippen molar-refractivity contribution in [1.82, 2.24) is 9.88 Å². The van der Waals surface area contributed by atoms with Gasteiger partial charge in [0.05, 0.1) is 16.5 Å². The van der Waals surface area contributed by atoms with Crippen LogP contribution in [0.4, 0.5) is 4.39 Å². The molecule has 1 aromatic heterocycles. The van der Waals surface area contributed by atoms with Crippen molar-refractivity contribution in [1.29, 1.82) is 0 Å². The Hall–Kier alpha value is -3.19. The molecule has 0 radical (unpaired) electrons. The van der Waals surface area contributed by atoms with Gasteiger partial charge in [0, 0.05) is 36.3 Å². The maximum absolute atomic E-state index is 13.5. The molecule has 172 valence electrons. The predicted molar refractivity (Wildman–Crippen MR) is 124 cm³/mol. The Labute approximate surface area is 195 Å². The van der Waals surface area contributed by atoms with Gasteiger partial charge in [-0.15, -0.1) is 0 Å². The van der Waals surface area contributed by atoms with Crippen LogP contribution < -0.4 is 4.74 Å². The van der Waals surface area contributed by atoms with E-state index in [0.29, 0.717) is 41.4 Å². The van der Waals surface area contributed by atoms with Gasteiger partial charge in [-0.05, 0) is 61.2 Å². The van der Waals surface area contributed by atoms with Crippen molar-refractivity contribution < 1.29 is 23.8 Å². The van der Waals surface area contributed by atoms with Crippen molar-refractivity contribution in [3.63, 3.8) is 0 Å². The first-order valence-electron chi connectivity index (χ1n) is 10.8. The number of carbonyl (C=O) groups is 2. The van der Waals surface area contributed by atoms with Crippen molar-refractivity contribution in [2.75, 3.05) is 13.1 Å². The highest BCUT2D eigenvalue weighted by molar-refractivity contribution is 6.33. The number of hydrogen-bond donors (Lipinski definition) is 1. The number of aromatic nitrogens is 1. The van der Waals surface area contributed by atoms with E-state index in [1.807, 2.05) is 12.1 Å². The van der Waals surface area contributed by atoms with E-state index in [1.54, 1.807) is 43.1 Å². The molecule has 4 rings (SSSR count). The minimum Gasteiger partial charge on any atom is -0.481 e. The van der Waals surface area contributed by atoms with Crippen molar-refractivity contribution in [2.45, 2.75) is 26.4 Å². The van der Waals surface area contributed by atoms with E-state index in [0.717, 1.165) is 10.9 Å². The number of ether oxygens (including phenoxy) is 1. The van der Waals surface area contributed by atoms with Gasteiger partial charge in [-0.1, -0.05) is 18.5 Å². The van der Waals surface area contributed by atoms with E-state index in [2.05, 4.69) is 4.98 Å². The van der Waals surface area contributed by atoms with Gasteiger partial charge in [0.15, 0.2) is 6.10 Å². The second kappa shape index (κ2) is 9.35. The molecule has 1 aliphatic rings. The minimum atomic E-state index is -0.844. The minimum absolute atomic E-state index is 0.0553. The Kier molecular flexibility index (Phi) is 6.51. The normalized spacial score (nSPS) is 17.7. The molecular weight excluding hydrogens is 447 g/mol. The highest BCUT2D eigenvalue weighted by Crippen LogP contribution is 2.34. The first-order valence-corrected chi connectivity index (χ1v) is 11.1. The number of pyridine rings is 1. The van der Waals surface area contributed by atoms with Crippen LogP contribution in [0.25, 0.3) is 22.0 Å². The lowest BCUT2D eigenvalue weighted by atomic mass is 9.94. The average Bonchev–Trinajstić information content (AvgIpc) is 3.27. The summed E-state index contributed by atoms with van der Waals surface area (Å²) in [6, 6.07) is 11.4. The number of rotatable bonds is 6. The number of carboxylic acids is 1. The van der Waals surface area contributed by atoms with Crippen molar-refractivity contribution >= 4 is 34.4 Å². The van der Waals surface area contributed by atoms with Crippen LogP contribution in [0.2, 0.25) is 5.02 Å². The molecule has 1 aliphatic heterocycles. The fourth-order valence-corrected chi connectivity index (χ4v) is 4.52. The molecule has 1 fully saturated rings. The first-order chi connectivity index (χ1) is 15.7. The SMILES string of the molecule is CC(C(=O)O)[C@@H]1CCN(C(=O)[C@@H](C)Oc2ccc3c(-c4ccc(F)cc4Cl)ccnc3c2)C1. The molecule has 3 atom stereocenters. The maximum atomic E-state index is 13.5. The van der Waals surface area contributed by atoms with Gasteiger partial charge in [0.1, 0.15) is 11.6 Å². The zero-order valence-electron chi connectivity index (χ0n) is 18.3. The van der Waals surface area contributed by atoms with E-state index in [1.165, 1.54) is 12.1 Å². The van der Waals surface area contributed by atoms with Gasteiger partial charge in [-0.25, -0.2) is 4.39 Å². The van der Waals surface area contributed by atoms with Crippen LogP contribution >= 0.6 is 11.6 Å². The molecule has 0 bridgehead atoms. The van der Waals surface area contributed by atoms with Crippen molar-refractivity contribution in [3.05, 3.63) is 59.5 Å². The zero-order chi connectivity index (χ0) is 23.7. The van der Waals surface area contributed by atoms with Gasteiger partial charge in [0.25, 0.3) is 5.91 Å². The van der Waals surface area contributed by atoms with Crippen LogP contribution in [0.1, 0.15) is 20.3 Å². The third-order valence-corrected chi connectivity index (χ3v) is 6.54. The van der Waals surface area contributed by atoms with E-state index in [-0.39, 0.29) is 11.8 Å². The van der Waals surface area contributed by atoms with E-state index >= 15 is 0 Å². The van der Waals surface area contributed by atoms with Crippen LogP contribution in [0, 0.1) is 17.7 Å². The molecule has 3 aromatic rings. The number of carboxylic acid groups (broad SMARTS) is 1. The number of hydrogen-bond acceptors (Lipinski definition) is 4. The lowest BCUT2D eigenvalue weighted by molar-refractivity contribution is -0.143. The molecule has 1 unspecified atom stereocenters. The largest absolute Gasteiger partial charge is 0.481 e. The van der Waals surface area contributed by atoms with E-state index < -0.39 is 23.8 Å². The number of benzene rings is 2. The fourth-order valence-electron chi connectivity index (χ4n) is 4.25. The molecule has 1 amide bonds. The van der Waals surface area contributed by atoms with E-state index in [4.69, 9.17) is 16.3 Å². The molecular formula is C25H24ClFN2O4. The first kappa shape index (κ1) is 23.0. The summed E-state index contributed by atoms with van der Waals surface area (Å²) in [6.07, 6.45) is 1.58. The van der Waals surface area contributed by atoms with Crippen LogP contribution in [0.15, 0.2) is 48.7 Å². The number of aliphatic carboxylic acids is 1. The summed E-state index contributed by atoms with van der Waals surface area (Å²) in [6.45, 7) is 4.30. The summed E-state index contributed by atoms with van der Waals surface area (Å²) in [5.74, 6) is -1.47. The van der Waals surface area contributed by atoms with Crippen molar-refractivity contribution in [3.8, 4) is 16.9 Å². The molecule has 33 heavy (non-hydrogen) atoms. The summed E-state index contributed by atoms with van der Waals surface area (Å²) < 4.78 is 19.4. The second-order valence-electron chi connectivity index (χ2n) is 8.38. The third-order valence-electron chi connectivity index (χ3n) is 6.23. The monoisotopic (exact) mass is 470 g/mol. The Balaban J connectivity index is 1.50. The highest BCUT2D eigenvalue weighted by atomic mass is 35.5.